The van der Waals surface area contributed by atoms with Gasteiger partial charge >= 0.3 is 204 Å². The summed E-state index contributed by atoms with van der Waals surface area (Å²) in [4.78, 5) is 54.6. The van der Waals surface area contributed by atoms with Gasteiger partial charge in [-0.15, -0.1) is 0 Å². The van der Waals surface area contributed by atoms with Crippen molar-refractivity contribution in [3.8, 4) is 62.7 Å². The molecule has 0 atom stereocenters. The molecule has 7 aromatic carbocycles. The van der Waals surface area contributed by atoms with E-state index in [-0.39, 0.29) is 40.3 Å². The van der Waals surface area contributed by atoms with Crippen molar-refractivity contribution in [1.29, 1.82) is 0 Å². The number of hydrogen-bond donors (Lipinski definition) is 3. The number of carbonyl (C=O) groups excluding carboxylic acids is 1. The van der Waals surface area contributed by atoms with Crippen LogP contribution in [0.5, 0.6) is 28.7 Å². The van der Waals surface area contributed by atoms with E-state index in [0.717, 1.165) is 45.5 Å². The number of aromatic hydroxyl groups is 3. The second-order valence-corrected chi connectivity index (χ2v) is 30.4. The van der Waals surface area contributed by atoms with Gasteiger partial charge in [0.15, 0.2) is 0 Å². The molecule has 0 bridgehead atoms. The Bertz CT molecular complexity index is 5080. The van der Waals surface area contributed by atoms with Gasteiger partial charge in [-0.05, 0) is 138 Å². The van der Waals surface area contributed by atoms with Crippen molar-refractivity contribution in [3.63, 3.8) is 0 Å². The predicted octanol–water partition coefficient (Wildman–Crippen LogP) is 17.0. The summed E-state index contributed by atoms with van der Waals surface area (Å²) in [5.74, 6) is 2.25. The summed E-state index contributed by atoms with van der Waals surface area (Å²) in [7, 11) is 3.24. The third-order valence-corrected chi connectivity index (χ3v) is 24.7. The maximum absolute atomic E-state index is 13.0. The van der Waals surface area contributed by atoms with E-state index in [4.69, 9.17) is 34.3 Å². The third-order valence-electron chi connectivity index (χ3n) is 15.0. The number of carbonyl (C=O) groups is 1. The number of ether oxygens (including phenoxy) is 2. The molecule has 0 aliphatic rings. The number of aromatic nitrogens is 4. The van der Waals surface area contributed by atoms with E-state index in [9.17, 15) is 54.8 Å². The summed E-state index contributed by atoms with van der Waals surface area (Å²) in [5, 5.41) is 63.2. The molecular weight excluding hydrogens is 1370 g/mol. The molecular formula is C72H53BrClFN7O15P. The van der Waals surface area contributed by atoms with Crippen molar-refractivity contribution in [2.75, 3.05) is 14.2 Å². The van der Waals surface area contributed by atoms with Gasteiger partial charge in [0.05, 0.1) is 7.11 Å². The second kappa shape index (κ2) is 30.4. The van der Waals surface area contributed by atoms with E-state index < -0.39 is 31.3 Å². The first kappa shape index (κ1) is 68.6. The Morgan fingerprint density at radius 3 is 1.28 bits per heavy atom. The van der Waals surface area contributed by atoms with E-state index in [2.05, 4.69) is 108 Å². The Labute approximate surface area is 568 Å². The molecule has 0 spiro atoms. The van der Waals surface area contributed by atoms with Crippen LogP contribution in [0.15, 0.2) is 269 Å². The average Bonchev–Trinajstić information content (AvgIpc) is 0.857. The number of hydrogen-bond acceptors (Lipinski definition) is 19. The number of benzene rings is 7. The Morgan fingerprint density at radius 1 is 0.480 bits per heavy atom. The van der Waals surface area contributed by atoms with Gasteiger partial charge in [-0.25, -0.2) is 4.98 Å². The topological polar surface area (TPSA) is 317 Å². The van der Waals surface area contributed by atoms with Crippen molar-refractivity contribution >= 4 is 104 Å². The predicted molar refractivity (Wildman–Crippen MR) is 375 cm³/mol. The fourth-order valence-electron chi connectivity index (χ4n) is 10.2. The quantitative estimate of drug-likeness (QED) is 0.0299. The Balaban J connectivity index is 0.000000137. The van der Waals surface area contributed by atoms with Crippen LogP contribution < -0.4 is 25.4 Å². The van der Waals surface area contributed by atoms with Crippen LogP contribution in [0.25, 0.3) is 66.9 Å². The maximum Gasteiger partial charge on any atom is 0.364 e. The van der Waals surface area contributed by atoms with Crippen LogP contribution in [0.4, 0.5) is 21.8 Å². The normalized spacial score (nSPS) is 11.2. The first-order valence-corrected chi connectivity index (χ1v) is 33.9. The van der Waals surface area contributed by atoms with Crippen molar-refractivity contribution in [1.82, 2.24) is 19.9 Å². The number of nitro groups is 3. The first-order valence-electron chi connectivity index (χ1n) is 29.1. The minimum absolute atomic E-state index is 0.0679. The van der Waals surface area contributed by atoms with E-state index in [0.29, 0.717) is 56.9 Å². The third kappa shape index (κ3) is 15.9. The van der Waals surface area contributed by atoms with Gasteiger partial charge in [0.1, 0.15) is 69.9 Å². The summed E-state index contributed by atoms with van der Waals surface area (Å²) in [5.41, 5.74) is 4.66. The van der Waals surface area contributed by atoms with Crippen molar-refractivity contribution in [2.45, 2.75) is 6.16 Å². The number of phenols is 3. The minimum Gasteiger partial charge on any atom is -0.508 e. The molecule has 98 heavy (non-hydrogen) atoms. The molecule has 0 aliphatic heterocycles. The maximum atomic E-state index is 13.0. The molecule has 492 valence electrons. The fourth-order valence-corrected chi connectivity index (χ4v) is 18.0. The van der Waals surface area contributed by atoms with E-state index in [1.807, 2.05) is 36.4 Å². The Morgan fingerprint density at radius 2 is 0.857 bits per heavy atom. The van der Waals surface area contributed by atoms with Crippen LogP contribution in [0.1, 0.15) is 15.9 Å². The SMILES string of the molecule is COc1ccc(O)c(CP(Br)(c2ccccc2)(c2ccccc2)c2ccccc2)c1.COc1ccc2oc(-c3ccnc([N+](=O)[O-])c3)cc2c1.O=C(Cl)c1ccnc([N+](=O)[O-])c1.O=[N+]([O-])c1cc(-c2cc3cc(O)ccc3o2)ccn1.Oc1ccc2oc(-c3ccnc([18F])c3)cc2c1. The number of furan rings is 3. The molecule has 0 unspecified atom stereocenters. The molecule has 0 radical (unpaired) electrons. The van der Waals surface area contributed by atoms with Crippen molar-refractivity contribution < 1.29 is 62.0 Å². The molecule has 0 saturated carbocycles. The molecule has 0 fully saturated rings. The molecule has 3 N–H and O–H groups in total. The first-order chi connectivity index (χ1) is 47.2. The van der Waals surface area contributed by atoms with Gasteiger partial charge in [0, 0.05) is 68.9 Å². The summed E-state index contributed by atoms with van der Waals surface area (Å²) >= 11 is 9.50. The van der Waals surface area contributed by atoms with E-state index in [1.165, 1.54) is 64.8 Å². The number of rotatable bonds is 14. The van der Waals surface area contributed by atoms with Crippen LogP contribution >= 0.6 is 32.4 Å². The van der Waals surface area contributed by atoms with Crippen molar-refractivity contribution in [3.05, 3.63) is 303 Å². The average molecular weight is 1420 g/mol. The second-order valence-electron chi connectivity index (χ2n) is 21.1. The number of halogens is 3. The zero-order valence-corrected chi connectivity index (χ0v) is 54.6. The van der Waals surface area contributed by atoms with Gasteiger partial charge in [-0.1, -0.05) is 0 Å². The standard InChI is InChI=1S/C26H24BrO2P.C14H10N2O4.C13H8FNO2.C13H8N2O4.C6H3ClN2O3/c1-29-22-17-18-26(28)21(19-22)20-30(27,23-11-5-2-6-12-23,24-13-7-3-8-14-24)25-15-9-4-10-16-25;1-19-11-2-3-12-10(6-11)7-13(20-12)9-4-5-15-14(8-9)16(17)18;14-13-7-8(3-4-15-13)12-6-9-5-10(16)1-2-11(9)17-12;16-10-1-2-11-9(5-10)6-12(19-11)8-3-4-14-13(7-8)15(17)18;7-6(10)4-1-2-8-5(3-4)9(11)12/h2-19,28H,20H2,1H3;2-8H,1H3;1-7,16H;1-7,16H;1-3H/i;;14-1;;. The minimum atomic E-state index is -3.15. The fraction of sp³-hybridized carbons (Fsp3) is 0.0417. The van der Waals surface area contributed by atoms with Gasteiger partial charge in [0.2, 0.25) is 5.95 Å². The monoisotopic (exact) mass is 1420 g/mol. The molecule has 22 nitrogen and oxygen atoms in total. The van der Waals surface area contributed by atoms with E-state index in [1.54, 1.807) is 99.1 Å². The number of nitrogens with zero attached hydrogens (tertiary/aromatic N) is 7. The smallest absolute Gasteiger partial charge is 0.364 e. The number of pyridine rings is 4. The summed E-state index contributed by atoms with van der Waals surface area (Å²) in [6, 6.07) is 68.7. The molecule has 14 aromatic rings. The molecule has 0 saturated heterocycles. The molecule has 0 aliphatic carbocycles. The van der Waals surface area contributed by atoms with Crippen LogP contribution in [-0.4, -0.2) is 69.5 Å². The van der Waals surface area contributed by atoms with E-state index >= 15 is 0 Å². The van der Waals surface area contributed by atoms with Gasteiger partial charge in [0.25, 0.3) is 5.24 Å². The number of fused-ring (bicyclic) bond motifs is 3. The zero-order valence-electron chi connectivity index (χ0n) is 51.4. The Kier molecular flexibility index (Phi) is 21.3. The molecule has 26 heteroatoms. The number of methoxy groups -OCH3 is 2. The Hall–Kier alpha value is -12.2. The number of phenolic OH excluding ortho intramolecular Hbond substituents is 3. The summed E-state index contributed by atoms with van der Waals surface area (Å²) in [6.45, 7) is 0. The molecule has 14 rings (SSSR count). The van der Waals surface area contributed by atoms with Crippen LogP contribution in [-0.2, 0) is 6.16 Å². The summed E-state index contributed by atoms with van der Waals surface area (Å²) in [6.07, 6.45) is 5.91. The molecule has 7 heterocycles. The van der Waals surface area contributed by atoms with Crippen LogP contribution in [0.2, 0.25) is 0 Å². The zero-order chi connectivity index (χ0) is 69.5. The molecule has 7 aromatic heterocycles. The van der Waals surface area contributed by atoms with Gasteiger partial charge in [-0.2, -0.15) is 4.39 Å². The van der Waals surface area contributed by atoms with Crippen molar-refractivity contribution in [2.24, 2.45) is 0 Å². The van der Waals surface area contributed by atoms with Gasteiger partial charge < -0.3 is 58.5 Å². The molecule has 0 amide bonds. The van der Waals surface area contributed by atoms with Crippen LogP contribution in [0.3, 0.4) is 0 Å². The van der Waals surface area contributed by atoms with Crippen LogP contribution in [0, 0.1) is 36.3 Å². The largest absolute Gasteiger partial charge is 0.508 e. The summed E-state index contributed by atoms with van der Waals surface area (Å²) < 4.78 is 40.4. The van der Waals surface area contributed by atoms with Gasteiger partial charge in [-0.3, -0.25) is 4.79 Å².